The zero-order valence-electron chi connectivity index (χ0n) is 12.1. The van der Waals surface area contributed by atoms with Gasteiger partial charge >= 0.3 is 5.69 Å². The maximum absolute atomic E-state index is 11.4. The predicted octanol–water partition coefficient (Wildman–Crippen LogP) is 1.86. The van der Waals surface area contributed by atoms with Crippen molar-refractivity contribution in [3.63, 3.8) is 0 Å². The van der Waals surface area contributed by atoms with E-state index in [2.05, 4.69) is 5.10 Å². The first-order chi connectivity index (χ1) is 9.60. The lowest BCUT2D eigenvalue weighted by atomic mass is 10.2. The normalized spacial score (nSPS) is 15.8. The van der Waals surface area contributed by atoms with E-state index in [0.717, 1.165) is 25.7 Å². The number of aliphatic hydroxyl groups excluding tert-OH is 1. The average molecular weight is 282 g/mol. The average Bonchev–Trinajstić information content (AvgIpc) is 3.03. The molecule has 0 aromatic carbocycles. The van der Waals surface area contributed by atoms with Gasteiger partial charge in [-0.15, -0.1) is 0 Å². The van der Waals surface area contributed by atoms with Crippen LogP contribution in [0.15, 0.2) is 0 Å². The Morgan fingerprint density at radius 1 is 1.50 bits per heavy atom. The maximum Gasteiger partial charge on any atom is 0.333 e. The van der Waals surface area contributed by atoms with Gasteiger partial charge in [-0.05, 0) is 26.7 Å². The number of nitro groups is 1. The van der Waals surface area contributed by atoms with Gasteiger partial charge in [0.25, 0.3) is 0 Å². The molecule has 112 valence electrons. The summed E-state index contributed by atoms with van der Waals surface area (Å²) in [6.45, 7) is 4.57. The topological polar surface area (TPSA) is 84.4 Å². The summed E-state index contributed by atoms with van der Waals surface area (Å²) >= 11 is 0. The Labute approximate surface area is 118 Å². The van der Waals surface area contributed by atoms with E-state index in [-0.39, 0.29) is 23.3 Å². The fraction of sp³-hybridized carbons (Fsp3) is 0.769. The third-order valence-electron chi connectivity index (χ3n) is 3.93. The first kappa shape index (κ1) is 14.8. The first-order valence-electron chi connectivity index (χ1n) is 7.19. The first-order valence-corrected chi connectivity index (χ1v) is 7.19. The van der Waals surface area contributed by atoms with Crippen LogP contribution in [0.3, 0.4) is 0 Å². The molecular weight excluding hydrogens is 260 g/mol. The Morgan fingerprint density at radius 2 is 2.15 bits per heavy atom. The molecule has 0 aliphatic heterocycles. The molecular formula is C13H22N4O3. The van der Waals surface area contributed by atoms with Crippen molar-refractivity contribution < 1.29 is 10.0 Å². The van der Waals surface area contributed by atoms with E-state index in [4.69, 9.17) is 0 Å². The van der Waals surface area contributed by atoms with Crippen LogP contribution in [-0.2, 0) is 6.54 Å². The van der Waals surface area contributed by atoms with Gasteiger partial charge in [-0.25, -0.2) is 4.68 Å². The molecule has 0 bridgehead atoms. The molecule has 1 aromatic rings. The Bertz CT molecular complexity index is 480. The van der Waals surface area contributed by atoms with E-state index in [0.29, 0.717) is 24.6 Å². The maximum atomic E-state index is 11.4. The summed E-state index contributed by atoms with van der Waals surface area (Å²) in [6.07, 6.45) is 4.31. The second-order valence-electron chi connectivity index (χ2n) is 5.19. The van der Waals surface area contributed by atoms with Crippen molar-refractivity contribution in [3.05, 3.63) is 15.8 Å². The lowest BCUT2D eigenvalue weighted by Gasteiger charge is -2.29. The molecule has 0 atom stereocenters. The van der Waals surface area contributed by atoms with Crippen molar-refractivity contribution in [2.45, 2.75) is 52.1 Å². The van der Waals surface area contributed by atoms with Crippen LogP contribution in [-0.4, -0.2) is 39.0 Å². The second-order valence-corrected chi connectivity index (χ2v) is 5.19. The number of aromatic nitrogens is 2. The van der Waals surface area contributed by atoms with Gasteiger partial charge in [0.1, 0.15) is 5.69 Å². The summed E-state index contributed by atoms with van der Waals surface area (Å²) in [7, 11) is 0. The van der Waals surface area contributed by atoms with Crippen molar-refractivity contribution in [3.8, 4) is 0 Å². The molecule has 20 heavy (non-hydrogen) atoms. The molecule has 1 N–H and O–H groups in total. The van der Waals surface area contributed by atoms with Gasteiger partial charge in [-0.3, -0.25) is 10.1 Å². The van der Waals surface area contributed by atoms with E-state index in [1.165, 1.54) is 0 Å². The molecule has 1 fully saturated rings. The van der Waals surface area contributed by atoms with Crippen molar-refractivity contribution in [1.82, 2.24) is 9.78 Å². The number of hydrogen-bond acceptors (Lipinski definition) is 5. The van der Waals surface area contributed by atoms with Gasteiger partial charge in [0.2, 0.25) is 5.82 Å². The van der Waals surface area contributed by atoms with Gasteiger partial charge in [-0.1, -0.05) is 12.8 Å². The van der Waals surface area contributed by atoms with Crippen LogP contribution in [0, 0.1) is 17.0 Å². The van der Waals surface area contributed by atoms with E-state index in [1.54, 1.807) is 11.6 Å². The third-order valence-corrected chi connectivity index (χ3v) is 3.93. The third kappa shape index (κ3) is 2.63. The van der Waals surface area contributed by atoms with E-state index in [1.807, 2.05) is 11.8 Å². The number of aryl methyl sites for hydroxylation is 2. The van der Waals surface area contributed by atoms with Gasteiger partial charge in [0.05, 0.1) is 11.5 Å². The minimum Gasteiger partial charge on any atom is -0.395 e. The number of anilines is 1. The Balaban J connectivity index is 2.47. The van der Waals surface area contributed by atoms with Crippen LogP contribution in [0.1, 0.15) is 38.3 Å². The van der Waals surface area contributed by atoms with Crippen LogP contribution >= 0.6 is 0 Å². The van der Waals surface area contributed by atoms with Gasteiger partial charge in [0, 0.05) is 19.1 Å². The second kappa shape index (κ2) is 6.21. The predicted molar refractivity (Wildman–Crippen MR) is 76.0 cm³/mol. The van der Waals surface area contributed by atoms with Crippen molar-refractivity contribution >= 4 is 11.5 Å². The molecule has 1 aromatic heterocycles. The fourth-order valence-electron chi connectivity index (χ4n) is 3.06. The highest BCUT2D eigenvalue weighted by Gasteiger charge is 2.33. The highest BCUT2D eigenvalue weighted by Crippen LogP contribution is 2.36. The Hall–Kier alpha value is -1.63. The highest BCUT2D eigenvalue weighted by molar-refractivity contribution is 5.62. The summed E-state index contributed by atoms with van der Waals surface area (Å²) < 4.78 is 1.68. The molecule has 1 aliphatic rings. The van der Waals surface area contributed by atoms with Crippen LogP contribution in [0.2, 0.25) is 0 Å². The number of hydrogen-bond donors (Lipinski definition) is 1. The number of aliphatic hydroxyl groups is 1. The minimum atomic E-state index is -0.358. The van der Waals surface area contributed by atoms with Gasteiger partial charge in [0.15, 0.2) is 0 Å². The largest absolute Gasteiger partial charge is 0.395 e. The number of nitrogens with zero attached hydrogens (tertiary/aromatic N) is 4. The van der Waals surface area contributed by atoms with Crippen LogP contribution in [0.25, 0.3) is 0 Å². The molecule has 1 heterocycles. The Kier molecular flexibility index (Phi) is 4.59. The summed E-state index contributed by atoms with van der Waals surface area (Å²) in [5, 5.41) is 25.0. The summed E-state index contributed by atoms with van der Waals surface area (Å²) in [5.41, 5.74) is 0.514. The van der Waals surface area contributed by atoms with Crippen LogP contribution in [0.4, 0.5) is 11.5 Å². The van der Waals surface area contributed by atoms with Crippen LogP contribution in [0.5, 0.6) is 0 Å². The quantitative estimate of drug-likeness (QED) is 0.636. The molecule has 0 spiro atoms. The summed E-state index contributed by atoms with van der Waals surface area (Å²) in [5.74, 6) is 0.552. The van der Waals surface area contributed by atoms with E-state index >= 15 is 0 Å². The lowest BCUT2D eigenvalue weighted by Crippen LogP contribution is -2.37. The molecule has 1 aliphatic carbocycles. The van der Waals surface area contributed by atoms with Gasteiger partial charge < -0.3 is 10.0 Å². The van der Waals surface area contributed by atoms with E-state index < -0.39 is 0 Å². The Morgan fingerprint density at radius 3 is 2.65 bits per heavy atom. The van der Waals surface area contributed by atoms with Crippen molar-refractivity contribution in [1.29, 1.82) is 0 Å². The smallest absolute Gasteiger partial charge is 0.333 e. The zero-order valence-corrected chi connectivity index (χ0v) is 12.1. The molecule has 1 saturated carbocycles. The highest BCUT2D eigenvalue weighted by atomic mass is 16.6. The summed E-state index contributed by atoms with van der Waals surface area (Å²) in [6, 6.07) is 0.266. The molecule has 2 rings (SSSR count). The number of rotatable bonds is 6. The zero-order chi connectivity index (χ0) is 14.7. The molecule has 0 amide bonds. The molecule has 0 radical (unpaired) electrons. The van der Waals surface area contributed by atoms with Crippen molar-refractivity contribution in [2.75, 3.05) is 18.1 Å². The van der Waals surface area contributed by atoms with Gasteiger partial charge in [-0.2, -0.15) is 5.10 Å². The SMILES string of the molecule is CCn1nc(C)c([N+](=O)[O-])c1N(CCO)C1CCCC1. The van der Waals surface area contributed by atoms with Crippen molar-refractivity contribution in [2.24, 2.45) is 0 Å². The minimum absolute atomic E-state index is 0.0123. The fourth-order valence-corrected chi connectivity index (χ4v) is 3.06. The molecule has 7 heteroatoms. The standard InChI is InChI=1S/C13H22N4O3/c1-3-16-13(12(17(19)20)10(2)14-16)15(8-9-18)11-6-4-5-7-11/h11,18H,3-9H2,1-2H3. The molecule has 0 unspecified atom stereocenters. The van der Waals surface area contributed by atoms with E-state index in [9.17, 15) is 15.2 Å². The molecule has 7 nitrogen and oxygen atoms in total. The molecule has 0 saturated heterocycles. The van der Waals surface area contributed by atoms with Crippen LogP contribution < -0.4 is 4.90 Å². The lowest BCUT2D eigenvalue weighted by molar-refractivity contribution is -0.384. The monoisotopic (exact) mass is 282 g/mol. The summed E-state index contributed by atoms with van der Waals surface area (Å²) in [4.78, 5) is 13.0.